The van der Waals surface area contributed by atoms with E-state index in [4.69, 9.17) is 5.84 Å². The van der Waals surface area contributed by atoms with Crippen molar-refractivity contribution in [2.24, 2.45) is 5.84 Å². The van der Waals surface area contributed by atoms with Crippen LogP contribution < -0.4 is 21.5 Å². The predicted molar refractivity (Wildman–Crippen MR) is 80.5 cm³/mol. The molecular weight excluding hydrogens is 256 g/mol. The van der Waals surface area contributed by atoms with Crippen molar-refractivity contribution in [2.75, 3.05) is 23.9 Å². The first-order valence-electron chi connectivity index (χ1n) is 6.69. The number of amides is 1. The molecule has 0 atom stereocenters. The predicted octanol–water partition coefficient (Wildman–Crippen LogP) is 0.846. The number of nitrogens with one attached hydrogen (secondary N) is 2. The summed E-state index contributed by atoms with van der Waals surface area (Å²) >= 11 is 0. The van der Waals surface area contributed by atoms with Gasteiger partial charge in [-0.3, -0.25) is 4.79 Å². The fourth-order valence-corrected chi connectivity index (χ4v) is 1.64. The molecule has 0 aliphatic rings. The summed E-state index contributed by atoms with van der Waals surface area (Å²) < 4.78 is 0. The van der Waals surface area contributed by atoms with Crippen molar-refractivity contribution in [3.8, 4) is 0 Å². The molecule has 1 rings (SSSR count). The van der Waals surface area contributed by atoms with Crippen LogP contribution in [-0.2, 0) is 4.79 Å². The van der Waals surface area contributed by atoms with Crippen molar-refractivity contribution in [3.63, 3.8) is 0 Å². The Balaban J connectivity index is 2.88. The number of likely N-dealkylation sites (N-methyl/N-ethyl adjacent to an activating group) is 1. The van der Waals surface area contributed by atoms with Gasteiger partial charge in [-0.25, -0.2) is 15.8 Å². The number of carbonyl (C=O) groups is 1. The van der Waals surface area contributed by atoms with Gasteiger partial charge in [-0.2, -0.15) is 0 Å². The summed E-state index contributed by atoms with van der Waals surface area (Å²) in [4.78, 5) is 22.3. The number of nitrogens with zero attached hydrogens (tertiary/aromatic N) is 3. The minimum atomic E-state index is -0.0468. The molecule has 7 heteroatoms. The van der Waals surface area contributed by atoms with Gasteiger partial charge in [-0.15, -0.1) is 0 Å². The molecule has 0 saturated carbocycles. The Kier molecular flexibility index (Phi) is 5.69. The molecule has 1 amide bonds. The lowest BCUT2D eigenvalue weighted by atomic mass is 10.2. The van der Waals surface area contributed by atoms with E-state index < -0.39 is 0 Å². The molecule has 0 bridgehead atoms. The molecule has 4 N–H and O–H groups in total. The van der Waals surface area contributed by atoms with Gasteiger partial charge in [0.15, 0.2) is 0 Å². The SMILES string of the molecule is CC(C)NC(=O)CN(C)c1cc(NN)nc(C(C)C)n1. The summed E-state index contributed by atoms with van der Waals surface area (Å²) in [5, 5.41) is 2.85. The smallest absolute Gasteiger partial charge is 0.239 e. The van der Waals surface area contributed by atoms with Crippen LogP contribution in [0.1, 0.15) is 39.4 Å². The van der Waals surface area contributed by atoms with E-state index in [1.54, 1.807) is 11.0 Å². The maximum Gasteiger partial charge on any atom is 0.239 e. The average Bonchev–Trinajstić information content (AvgIpc) is 2.36. The highest BCUT2D eigenvalue weighted by Crippen LogP contribution is 2.18. The lowest BCUT2D eigenvalue weighted by Gasteiger charge is -2.20. The van der Waals surface area contributed by atoms with Crippen LogP contribution in [-0.4, -0.2) is 35.5 Å². The highest BCUT2D eigenvalue weighted by atomic mass is 16.2. The fourth-order valence-electron chi connectivity index (χ4n) is 1.64. The first-order chi connectivity index (χ1) is 9.33. The average molecular weight is 280 g/mol. The summed E-state index contributed by atoms with van der Waals surface area (Å²) in [6, 6.07) is 1.84. The molecule has 112 valence electrons. The van der Waals surface area contributed by atoms with E-state index in [2.05, 4.69) is 20.7 Å². The van der Waals surface area contributed by atoms with Gasteiger partial charge in [0.1, 0.15) is 17.5 Å². The lowest BCUT2D eigenvalue weighted by Crippen LogP contribution is -2.39. The van der Waals surface area contributed by atoms with Gasteiger partial charge < -0.3 is 15.6 Å². The molecule has 20 heavy (non-hydrogen) atoms. The van der Waals surface area contributed by atoms with E-state index in [1.165, 1.54) is 0 Å². The number of nitrogens with two attached hydrogens (primary N) is 1. The van der Waals surface area contributed by atoms with E-state index >= 15 is 0 Å². The second-order valence-electron chi connectivity index (χ2n) is 5.35. The number of hydrogen-bond acceptors (Lipinski definition) is 6. The standard InChI is InChI=1S/C13H24N6O/c1-8(2)13-16-10(18-14)6-11(17-13)19(5)7-12(20)15-9(3)4/h6,8-9H,7,14H2,1-5H3,(H,15,20)(H,16,17,18). The van der Waals surface area contributed by atoms with Crippen LogP contribution in [0.25, 0.3) is 0 Å². The summed E-state index contributed by atoms with van der Waals surface area (Å²) in [5.74, 6) is 7.44. The summed E-state index contributed by atoms with van der Waals surface area (Å²) in [6.45, 7) is 8.10. The van der Waals surface area contributed by atoms with Gasteiger partial charge in [0, 0.05) is 25.1 Å². The van der Waals surface area contributed by atoms with Crippen LogP contribution in [0, 0.1) is 0 Å². The van der Waals surface area contributed by atoms with E-state index in [0.29, 0.717) is 17.5 Å². The first-order valence-corrected chi connectivity index (χ1v) is 6.69. The minimum absolute atomic E-state index is 0.0468. The number of anilines is 2. The van der Waals surface area contributed by atoms with E-state index in [-0.39, 0.29) is 24.4 Å². The highest BCUT2D eigenvalue weighted by molar-refractivity contribution is 5.81. The van der Waals surface area contributed by atoms with Crippen LogP contribution in [0.3, 0.4) is 0 Å². The van der Waals surface area contributed by atoms with Gasteiger partial charge in [-0.1, -0.05) is 13.8 Å². The maximum atomic E-state index is 11.8. The molecule has 1 aromatic heterocycles. The molecule has 0 spiro atoms. The van der Waals surface area contributed by atoms with Crippen LogP contribution in [0.4, 0.5) is 11.6 Å². The van der Waals surface area contributed by atoms with E-state index in [9.17, 15) is 4.79 Å². The number of carbonyl (C=O) groups excluding carboxylic acids is 1. The van der Waals surface area contributed by atoms with Crippen molar-refractivity contribution < 1.29 is 4.79 Å². The molecular formula is C13H24N6O. The molecule has 0 aromatic carbocycles. The Morgan fingerprint density at radius 2 is 2.00 bits per heavy atom. The zero-order valence-corrected chi connectivity index (χ0v) is 12.8. The third kappa shape index (κ3) is 4.65. The van der Waals surface area contributed by atoms with Gasteiger partial charge in [0.2, 0.25) is 5.91 Å². The Bertz CT molecular complexity index is 460. The Hall–Kier alpha value is -1.89. The van der Waals surface area contributed by atoms with Crippen LogP contribution in [0.5, 0.6) is 0 Å². The third-order valence-electron chi connectivity index (χ3n) is 2.62. The molecule has 1 aromatic rings. The quantitative estimate of drug-likeness (QED) is 0.528. The van der Waals surface area contributed by atoms with Crippen molar-refractivity contribution in [3.05, 3.63) is 11.9 Å². The maximum absolute atomic E-state index is 11.8. The Labute approximate surface area is 119 Å². The van der Waals surface area contributed by atoms with Crippen molar-refractivity contribution >= 4 is 17.5 Å². The number of rotatable bonds is 6. The zero-order chi connectivity index (χ0) is 15.3. The van der Waals surface area contributed by atoms with Crippen molar-refractivity contribution in [1.29, 1.82) is 0 Å². The molecule has 7 nitrogen and oxygen atoms in total. The normalized spacial score (nSPS) is 10.8. The summed E-state index contributed by atoms with van der Waals surface area (Å²) in [6.07, 6.45) is 0. The Morgan fingerprint density at radius 1 is 1.35 bits per heavy atom. The molecule has 0 saturated heterocycles. The zero-order valence-electron chi connectivity index (χ0n) is 12.8. The Morgan fingerprint density at radius 3 is 2.50 bits per heavy atom. The molecule has 0 unspecified atom stereocenters. The topological polar surface area (TPSA) is 96.2 Å². The molecule has 1 heterocycles. The minimum Gasteiger partial charge on any atom is -0.352 e. The first kappa shape index (κ1) is 16.2. The van der Waals surface area contributed by atoms with Crippen molar-refractivity contribution in [2.45, 2.75) is 39.7 Å². The second kappa shape index (κ2) is 7.04. The highest BCUT2D eigenvalue weighted by Gasteiger charge is 2.13. The van der Waals surface area contributed by atoms with Gasteiger partial charge >= 0.3 is 0 Å². The fraction of sp³-hybridized carbons (Fsp3) is 0.615. The monoisotopic (exact) mass is 280 g/mol. The van der Waals surface area contributed by atoms with Crippen LogP contribution >= 0.6 is 0 Å². The molecule has 0 radical (unpaired) electrons. The van der Waals surface area contributed by atoms with Gasteiger partial charge in [-0.05, 0) is 13.8 Å². The van der Waals surface area contributed by atoms with E-state index in [0.717, 1.165) is 0 Å². The molecule has 0 aliphatic heterocycles. The third-order valence-corrected chi connectivity index (χ3v) is 2.62. The van der Waals surface area contributed by atoms with Crippen LogP contribution in [0.2, 0.25) is 0 Å². The number of nitrogen functional groups attached to an aromatic ring is 1. The van der Waals surface area contributed by atoms with Crippen LogP contribution in [0.15, 0.2) is 6.07 Å². The number of aromatic nitrogens is 2. The lowest BCUT2D eigenvalue weighted by molar-refractivity contribution is -0.120. The second-order valence-corrected chi connectivity index (χ2v) is 5.35. The largest absolute Gasteiger partial charge is 0.352 e. The van der Waals surface area contributed by atoms with E-state index in [1.807, 2.05) is 34.7 Å². The molecule has 0 fully saturated rings. The number of hydrogen-bond donors (Lipinski definition) is 3. The number of hydrazine groups is 1. The van der Waals surface area contributed by atoms with Crippen molar-refractivity contribution in [1.82, 2.24) is 15.3 Å². The molecule has 0 aliphatic carbocycles. The van der Waals surface area contributed by atoms with Gasteiger partial charge in [0.25, 0.3) is 0 Å². The van der Waals surface area contributed by atoms with Gasteiger partial charge in [0.05, 0.1) is 6.54 Å². The summed E-state index contributed by atoms with van der Waals surface area (Å²) in [5.41, 5.74) is 2.52. The summed E-state index contributed by atoms with van der Waals surface area (Å²) in [7, 11) is 1.81.